The van der Waals surface area contributed by atoms with E-state index in [9.17, 15) is 0 Å². The summed E-state index contributed by atoms with van der Waals surface area (Å²) in [7, 11) is 1.65. The van der Waals surface area contributed by atoms with E-state index >= 15 is 0 Å². The van der Waals surface area contributed by atoms with Crippen LogP contribution in [0.4, 0.5) is 0 Å². The topological polar surface area (TPSA) is 35.2 Å². The largest absolute Gasteiger partial charge is 0.496 e. The molecular weight excluding hydrogens is 326 g/mol. The van der Waals surface area contributed by atoms with Crippen LogP contribution in [0.1, 0.15) is 17.2 Å². The van der Waals surface area contributed by atoms with Gasteiger partial charge in [-0.15, -0.1) is 0 Å². The molecule has 1 atom stereocenters. The summed E-state index contributed by atoms with van der Waals surface area (Å²) in [5, 5.41) is 0.693. The molecular formula is C15H15BrClNO. The molecule has 0 saturated heterocycles. The molecule has 0 aromatic heterocycles. The zero-order valence-corrected chi connectivity index (χ0v) is 12.9. The summed E-state index contributed by atoms with van der Waals surface area (Å²) in [6.45, 7) is 0. The summed E-state index contributed by atoms with van der Waals surface area (Å²) in [5.74, 6) is 0.817. The lowest BCUT2D eigenvalue weighted by Gasteiger charge is -2.15. The van der Waals surface area contributed by atoms with E-state index in [1.165, 1.54) is 0 Å². The molecule has 0 heterocycles. The molecule has 2 aromatic rings. The third kappa shape index (κ3) is 3.72. The predicted octanol–water partition coefficient (Wildman–Crippen LogP) is 4.35. The molecule has 0 bridgehead atoms. The van der Waals surface area contributed by atoms with E-state index < -0.39 is 0 Å². The maximum Gasteiger partial charge on any atom is 0.122 e. The zero-order chi connectivity index (χ0) is 13.8. The van der Waals surface area contributed by atoms with E-state index in [4.69, 9.17) is 22.1 Å². The van der Waals surface area contributed by atoms with Crippen LogP contribution in [0.2, 0.25) is 5.02 Å². The van der Waals surface area contributed by atoms with Crippen LogP contribution in [-0.4, -0.2) is 7.11 Å². The van der Waals surface area contributed by atoms with Gasteiger partial charge in [-0.2, -0.15) is 0 Å². The van der Waals surface area contributed by atoms with Gasteiger partial charge in [0.1, 0.15) is 5.75 Å². The third-order valence-corrected chi connectivity index (χ3v) is 3.74. The molecule has 2 N–H and O–H groups in total. The number of methoxy groups -OCH3 is 1. The van der Waals surface area contributed by atoms with Crippen LogP contribution in [-0.2, 0) is 6.42 Å². The molecule has 1 unspecified atom stereocenters. The van der Waals surface area contributed by atoms with E-state index in [1.54, 1.807) is 7.11 Å². The molecule has 0 spiro atoms. The van der Waals surface area contributed by atoms with Gasteiger partial charge in [0.2, 0.25) is 0 Å². The van der Waals surface area contributed by atoms with Gasteiger partial charge in [-0.3, -0.25) is 0 Å². The van der Waals surface area contributed by atoms with Crippen LogP contribution in [0.5, 0.6) is 5.75 Å². The maximum absolute atomic E-state index is 6.24. The molecule has 0 aliphatic carbocycles. The van der Waals surface area contributed by atoms with Crippen LogP contribution in [0, 0.1) is 0 Å². The Kier molecular flexibility index (Phi) is 4.86. The first-order chi connectivity index (χ1) is 9.10. The van der Waals surface area contributed by atoms with Crippen molar-refractivity contribution < 1.29 is 4.74 Å². The maximum atomic E-state index is 6.24. The molecule has 0 saturated carbocycles. The van der Waals surface area contributed by atoms with Gasteiger partial charge in [-0.25, -0.2) is 0 Å². The van der Waals surface area contributed by atoms with Crippen molar-refractivity contribution in [3.05, 3.63) is 63.1 Å². The highest BCUT2D eigenvalue weighted by Crippen LogP contribution is 2.27. The van der Waals surface area contributed by atoms with Gasteiger partial charge >= 0.3 is 0 Å². The standard InChI is InChI=1S/C15H15BrClNO/c1-19-15-7-6-13(17)8-11(15)9-14(18)10-2-4-12(16)5-3-10/h2-8,14H,9,18H2,1H3. The summed E-state index contributed by atoms with van der Waals surface area (Å²) in [5.41, 5.74) is 8.34. The lowest BCUT2D eigenvalue weighted by atomic mass is 9.99. The zero-order valence-electron chi connectivity index (χ0n) is 10.6. The molecule has 100 valence electrons. The van der Waals surface area contributed by atoms with Crippen molar-refractivity contribution in [2.45, 2.75) is 12.5 Å². The molecule has 0 amide bonds. The summed E-state index contributed by atoms with van der Waals surface area (Å²) in [6, 6.07) is 13.5. The SMILES string of the molecule is COc1ccc(Cl)cc1CC(N)c1ccc(Br)cc1. The molecule has 0 fully saturated rings. The molecule has 0 aliphatic heterocycles. The van der Waals surface area contributed by atoms with Crippen molar-refractivity contribution in [3.8, 4) is 5.75 Å². The number of nitrogens with two attached hydrogens (primary N) is 1. The first-order valence-corrected chi connectivity index (χ1v) is 7.10. The van der Waals surface area contributed by atoms with Gasteiger partial charge in [-0.1, -0.05) is 39.7 Å². The average molecular weight is 341 g/mol. The van der Waals surface area contributed by atoms with Crippen molar-refractivity contribution >= 4 is 27.5 Å². The van der Waals surface area contributed by atoms with Gasteiger partial charge in [0.15, 0.2) is 0 Å². The predicted molar refractivity (Wildman–Crippen MR) is 82.8 cm³/mol. The highest BCUT2D eigenvalue weighted by Gasteiger charge is 2.11. The number of benzene rings is 2. The number of rotatable bonds is 4. The monoisotopic (exact) mass is 339 g/mol. The summed E-state index contributed by atoms with van der Waals surface area (Å²) < 4.78 is 6.38. The van der Waals surface area contributed by atoms with Crippen molar-refractivity contribution in [3.63, 3.8) is 0 Å². The molecule has 19 heavy (non-hydrogen) atoms. The van der Waals surface area contributed by atoms with E-state index in [1.807, 2.05) is 42.5 Å². The molecule has 2 nitrogen and oxygen atoms in total. The number of hydrogen-bond donors (Lipinski definition) is 1. The second kappa shape index (κ2) is 6.42. The Bertz CT molecular complexity index is 557. The quantitative estimate of drug-likeness (QED) is 0.898. The van der Waals surface area contributed by atoms with Gasteiger partial charge < -0.3 is 10.5 Å². The van der Waals surface area contributed by atoms with Crippen molar-refractivity contribution in [1.82, 2.24) is 0 Å². The molecule has 0 radical (unpaired) electrons. The Morgan fingerprint density at radius 2 is 1.89 bits per heavy atom. The Morgan fingerprint density at radius 1 is 1.21 bits per heavy atom. The highest BCUT2D eigenvalue weighted by atomic mass is 79.9. The Hall–Kier alpha value is -1.03. The van der Waals surface area contributed by atoms with Crippen molar-refractivity contribution in [2.24, 2.45) is 5.73 Å². The van der Waals surface area contributed by atoms with Gasteiger partial charge in [-0.05, 0) is 47.9 Å². The van der Waals surface area contributed by atoms with E-state index in [-0.39, 0.29) is 6.04 Å². The van der Waals surface area contributed by atoms with Crippen LogP contribution < -0.4 is 10.5 Å². The average Bonchev–Trinajstić information content (AvgIpc) is 2.39. The Labute approximate surface area is 126 Å². The summed E-state index contributed by atoms with van der Waals surface area (Å²) in [6.07, 6.45) is 0.686. The fourth-order valence-corrected chi connectivity index (χ4v) is 2.43. The normalized spacial score (nSPS) is 12.2. The molecule has 2 aromatic carbocycles. The summed E-state index contributed by atoms with van der Waals surface area (Å²) in [4.78, 5) is 0. The highest BCUT2D eigenvalue weighted by molar-refractivity contribution is 9.10. The van der Waals surface area contributed by atoms with E-state index in [0.29, 0.717) is 11.4 Å². The second-order valence-corrected chi connectivity index (χ2v) is 5.67. The smallest absolute Gasteiger partial charge is 0.122 e. The van der Waals surface area contributed by atoms with Gasteiger partial charge in [0, 0.05) is 15.5 Å². The fraction of sp³-hybridized carbons (Fsp3) is 0.200. The minimum absolute atomic E-state index is 0.0829. The number of ether oxygens (including phenoxy) is 1. The van der Waals surface area contributed by atoms with Crippen molar-refractivity contribution in [1.29, 1.82) is 0 Å². The Balaban J connectivity index is 2.20. The van der Waals surface area contributed by atoms with Gasteiger partial charge in [0.05, 0.1) is 7.11 Å². The number of halogens is 2. The second-order valence-electron chi connectivity index (χ2n) is 4.32. The molecule has 4 heteroatoms. The number of hydrogen-bond acceptors (Lipinski definition) is 2. The van der Waals surface area contributed by atoms with Crippen molar-refractivity contribution in [2.75, 3.05) is 7.11 Å². The van der Waals surface area contributed by atoms with Gasteiger partial charge in [0.25, 0.3) is 0 Å². The van der Waals surface area contributed by atoms with Crippen LogP contribution >= 0.6 is 27.5 Å². The minimum Gasteiger partial charge on any atom is -0.496 e. The van der Waals surface area contributed by atoms with Crippen LogP contribution in [0.25, 0.3) is 0 Å². The first-order valence-electron chi connectivity index (χ1n) is 5.93. The third-order valence-electron chi connectivity index (χ3n) is 2.98. The minimum atomic E-state index is -0.0829. The Morgan fingerprint density at radius 3 is 2.53 bits per heavy atom. The van der Waals surface area contributed by atoms with Crippen LogP contribution in [0.3, 0.4) is 0 Å². The summed E-state index contributed by atoms with van der Waals surface area (Å²) >= 11 is 9.44. The lowest BCUT2D eigenvalue weighted by molar-refractivity contribution is 0.408. The lowest BCUT2D eigenvalue weighted by Crippen LogP contribution is -2.13. The molecule has 2 rings (SSSR count). The van der Waals surface area contributed by atoms with E-state index in [2.05, 4.69) is 15.9 Å². The first kappa shape index (κ1) is 14.4. The molecule has 0 aliphatic rings. The van der Waals surface area contributed by atoms with E-state index in [0.717, 1.165) is 21.3 Å². The van der Waals surface area contributed by atoms with Crippen LogP contribution in [0.15, 0.2) is 46.9 Å². The fourth-order valence-electron chi connectivity index (χ4n) is 1.97.